The van der Waals surface area contributed by atoms with E-state index in [4.69, 9.17) is 9.15 Å². The lowest BCUT2D eigenvalue weighted by atomic mass is 10.2. The molecule has 0 bridgehead atoms. The van der Waals surface area contributed by atoms with Crippen molar-refractivity contribution in [2.24, 2.45) is 0 Å². The Labute approximate surface area is 169 Å². The summed E-state index contributed by atoms with van der Waals surface area (Å²) in [6, 6.07) is 19.2. The normalized spacial score (nSPS) is 11.2. The molecule has 0 saturated heterocycles. The van der Waals surface area contributed by atoms with Crippen molar-refractivity contribution < 1.29 is 18.7 Å². The molecular formula is C23H22N2O4. The minimum atomic E-state index is -0.495. The third-order valence-electron chi connectivity index (χ3n) is 3.86. The minimum Gasteiger partial charge on any atom is -0.489 e. The van der Waals surface area contributed by atoms with Gasteiger partial charge in [-0.15, -0.1) is 0 Å². The summed E-state index contributed by atoms with van der Waals surface area (Å²) in [5, 5.41) is 5.46. The number of anilines is 1. The molecule has 2 N–H and O–H groups in total. The van der Waals surface area contributed by atoms with Gasteiger partial charge in [-0.25, -0.2) is 0 Å². The van der Waals surface area contributed by atoms with Gasteiger partial charge >= 0.3 is 0 Å². The number of rotatable bonds is 7. The third-order valence-corrected chi connectivity index (χ3v) is 3.86. The molecular weight excluding hydrogens is 368 g/mol. The number of carbonyl (C=O) groups is 2. The van der Waals surface area contributed by atoms with Crippen molar-refractivity contribution in [3.8, 4) is 5.75 Å². The van der Waals surface area contributed by atoms with Crippen LogP contribution in [0.5, 0.6) is 5.75 Å². The maximum atomic E-state index is 13.0. The van der Waals surface area contributed by atoms with Crippen molar-refractivity contribution >= 4 is 23.6 Å². The van der Waals surface area contributed by atoms with Crippen LogP contribution < -0.4 is 15.4 Å². The fraction of sp³-hybridized carbons (Fsp3) is 0.130. The molecule has 1 heterocycles. The van der Waals surface area contributed by atoms with Crippen LogP contribution in [0.25, 0.3) is 6.08 Å². The lowest BCUT2D eigenvalue weighted by Gasteiger charge is -2.16. The molecule has 3 rings (SSSR count). The van der Waals surface area contributed by atoms with Crippen LogP contribution in [0.2, 0.25) is 0 Å². The Hall–Kier alpha value is -3.80. The van der Waals surface area contributed by atoms with Crippen LogP contribution in [0, 0.1) is 0 Å². The standard InChI is InChI=1S/C23H22N2O4/c1-16(2)29-21-13-7-6-12-19(21)24-23(27)20(15-18-11-8-14-28-18)25-22(26)17-9-4-3-5-10-17/h3-16H,1-2H3,(H,24,27)(H,25,26)/b20-15-. The number of hydrogen-bond acceptors (Lipinski definition) is 4. The molecule has 2 amide bonds. The van der Waals surface area contributed by atoms with Crippen LogP contribution in [0.4, 0.5) is 5.69 Å². The van der Waals surface area contributed by atoms with E-state index in [0.29, 0.717) is 22.8 Å². The van der Waals surface area contributed by atoms with Gasteiger partial charge in [0.25, 0.3) is 11.8 Å². The number of hydrogen-bond donors (Lipinski definition) is 2. The number of para-hydroxylation sites is 2. The van der Waals surface area contributed by atoms with Gasteiger partial charge in [0.05, 0.1) is 18.1 Å². The van der Waals surface area contributed by atoms with Gasteiger partial charge in [0.2, 0.25) is 0 Å². The molecule has 0 saturated carbocycles. The van der Waals surface area contributed by atoms with E-state index in [1.54, 1.807) is 54.6 Å². The zero-order chi connectivity index (χ0) is 20.6. The zero-order valence-electron chi connectivity index (χ0n) is 16.2. The van der Waals surface area contributed by atoms with Crippen molar-refractivity contribution in [3.05, 3.63) is 90.0 Å². The number of nitrogens with one attached hydrogen (secondary N) is 2. The Morgan fingerprint density at radius 1 is 0.966 bits per heavy atom. The first kappa shape index (κ1) is 19.9. The molecule has 0 aliphatic carbocycles. The number of carbonyl (C=O) groups excluding carboxylic acids is 2. The highest BCUT2D eigenvalue weighted by Crippen LogP contribution is 2.25. The molecule has 6 heteroatoms. The van der Waals surface area contributed by atoms with Crippen molar-refractivity contribution in [1.29, 1.82) is 0 Å². The summed E-state index contributed by atoms with van der Waals surface area (Å²) in [5.41, 5.74) is 0.993. The van der Waals surface area contributed by atoms with Crippen molar-refractivity contribution in [3.63, 3.8) is 0 Å². The largest absolute Gasteiger partial charge is 0.489 e. The fourth-order valence-corrected chi connectivity index (χ4v) is 2.57. The van der Waals surface area contributed by atoms with E-state index < -0.39 is 11.8 Å². The van der Waals surface area contributed by atoms with Gasteiger partial charge in [-0.3, -0.25) is 9.59 Å². The van der Waals surface area contributed by atoms with Gasteiger partial charge in [0.1, 0.15) is 17.2 Å². The molecule has 2 aromatic carbocycles. The lowest BCUT2D eigenvalue weighted by Crippen LogP contribution is -2.30. The summed E-state index contributed by atoms with van der Waals surface area (Å²) >= 11 is 0. The highest BCUT2D eigenvalue weighted by molar-refractivity contribution is 6.10. The van der Waals surface area contributed by atoms with E-state index in [0.717, 1.165) is 0 Å². The fourth-order valence-electron chi connectivity index (χ4n) is 2.57. The smallest absolute Gasteiger partial charge is 0.272 e. The minimum absolute atomic E-state index is 0.0492. The van der Waals surface area contributed by atoms with Crippen LogP contribution in [-0.4, -0.2) is 17.9 Å². The van der Waals surface area contributed by atoms with E-state index >= 15 is 0 Å². The summed E-state index contributed by atoms with van der Waals surface area (Å²) in [4.78, 5) is 25.5. The predicted octanol–water partition coefficient (Wildman–Crippen LogP) is 4.48. The van der Waals surface area contributed by atoms with Crippen LogP contribution in [0.3, 0.4) is 0 Å². The molecule has 1 aromatic heterocycles. The molecule has 148 valence electrons. The Morgan fingerprint density at radius 2 is 1.69 bits per heavy atom. The molecule has 0 unspecified atom stereocenters. The highest BCUT2D eigenvalue weighted by atomic mass is 16.5. The van der Waals surface area contributed by atoms with Gasteiger partial charge in [0.15, 0.2) is 0 Å². The van der Waals surface area contributed by atoms with E-state index in [2.05, 4.69) is 10.6 Å². The van der Waals surface area contributed by atoms with Crippen LogP contribution >= 0.6 is 0 Å². The van der Waals surface area contributed by atoms with E-state index in [9.17, 15) is 9.59 Å². The number of ether oxygens (including phenoxy) is 1. The van der Waals surface area contributed by atoms with Gasteiger partial charge < -0.3 is 19.8 Å². The van der Waals surface area contributed by atoms with Crippen molar-refractivity contribution in [2.75, 3.05) is 5.32 Å². The van der Waals surface area contributed by atoms with Gasteiger partial charge in [-0.2, -0.15) is 0 Å². The summed E-state index contributed by atoms with van der Waals surface area (Å²) < 4.78 is 11.0. The van der Waals surface area contributed by atoms with Crippen molar-refractivity contribution in [1.82, 2.24) is 5.32 Å². The van der Waals surface area contributed by atoms with Gasteiger partial charge in [-0.1, -0.05) is 30.3 Å². The Balaban J connectivity index is 1.85. The van der Waals surface area contributed by atoms with Crippen molar-refractivity contribution in [2.45, 2.75) is 20.0 Å². The van der Waals surface area contributed by atoms with Crippen LogP contribution in [-0.2, 0) is 4.79 Å². The first-order valence-corrected chi connectivity index (χ1v) is 9.21. The first-order valence-electron chi connectivity index (χ1n) is 9.21. The Kier molecular flexibility index (Phi) is 6.47. The average Bonchev–Trinajstić information content (AvgIpc) is 3.22. The summed E-state index contributed by atoms with van der Waals surface area (Å²) in [6.07, 6.45) is 2.91. The quantitative estimate of drug-likeness (QED) is 0.583. The SMILES string of the molecule is CC(C)Oc1ccccc1NC(=O)/C(=C/c1ccco1)NC(=O)c1ccccc1. The molecule has 0 atom stereocenters. The molecule has 6 nitrogen and oxygen atoms in total. The number of benzene rings is 2. The molecule has 29 heavy (non-hydrogen) atoms. The second-order valence-corrected chi connectivity index (χ2v) is 6.51. The molecule has 0 radical (unpaired) electrons. The third kappa shape index (κ3) is 5.59. The molecule has 0 spiro atoms. The average molecular weight is 390 g/mol. The summed E-state index contributed by atoms with van der Waals surface area (Å²) in [5.74, 6) is 0.0913. The van der Waals surface area contributed by atoms with E-state index in [1.165, 1.54) is 12.3 Å². The summed E-state index contributed by atoms with van der Waals surface area (Å²) in [7, 11) is 0. The molecule has 3 aromatic rings. The topological polar surface area (TPSA) is 80.6 Å². The van der Waals surface area contributed by atoms with Gasteiger partial charge in [0, 0.05) is 11.6 Å². The second-order valence-electron chi connectivity index (χ2n) is 6.51. The first-order chi connectivity index (χ1) is 14.0. The highest BCUT2D eigenvalue weighted by Gasteiger charge is 2.17. The van der Waals surface area contributed by atoms with Crippen LogP contribution in [0.1, 0.15) is 30.0 Å². The Bertz CT molecular complexity index is 993. The predicted molar refractivity (Wildman–Crippen MR) is 111 cm³/mol. The van der Waals surface area contributed by atoms with E-state index in [1.807, 2.05) is 26.0 Å². The van der Waals surface area contributed by atoms with E-state index in [-0.39, 0.29) is 11.8 Å². The van der Waals surface area contributed by atoms with Gasteiger partial charge in [-0.05, 0) is 50.2 Å². The maximum Gasteiger partial charge on any atom is 0.272 e. The second kappa shape index (κ2) is 9.41. The summed E-state index contributed by atoms with van der Waals surface area (Å²) in [6.45, 7) is 3.81. The Morgan fingerprint density at radius 3 is 2.38 bits per heavy atom. The maximum absolute atomic E-state index is 13.0. The van der Waals surface area contributed by atoms with Crippen LogP contribution in [0.15, 0.2) is 83.1 Å². The zero-order valence-corrected chi connectivity index (χ0v) is 16.2. The molecule has 0 fully saturated rings. The number of amides is 2. The molecule has 0 aliphatic heterocycles. The monoisotopic (exact) mass is 390 g/mol. The molecule has 0 aliphatic rings. The lowest BCUT2D eigenvalue weighted by molar-refractivity contribution is -0.113. The number of furan rings is 1.